The highest BCUT2D eigenvalue weighted by Gasteiger charge is 2.22. The Morgan fingerprint density at radius 1 is 1.21 bits per heavy atom. The minimum Gasteiger partial charge on any atom is -0.324 e. The predicted octanol–water partition coefficient (Wildman–Crippen LogP) is 4.16. The second-order valence-electron chi connectivity index (χ2n) is 6.56. The Morgan fingerprint density at radius 3 is 2.86 bits per heavy atom. The van der Waals surface area contributed by atoms with E-state index in [1.807, 2.05) is 43.3 Å². The molecule has 0 saturated heterocycles. The molecule has 0 spiro atoms. The van der Waals surface area contributed by atoms with Gasteiger partial charge in [0.15, 0.2) is 0 Å². The molecule has 0 aliphatic heterocycles. The summed E-state index contributed by atoms with van der Waals surface area (Å²) in [5.74, 6) is -0.224. The summed E-state index contributed by atoms with van der Waals surface area (Å²) in [5.41, 5.74) is 2.30. The van der Waals surface area contributed by atoms with Crippen molar-refractivity contribution in [2.24, 2.45) is 0 Å². The summed E-state index contributed by atoms with van der Waals surface area (Å²) in [7, 11) is 0. The van der Waals surface area contributed by atoms with E-state index >= 15 is 0 Å². The molecule has 1 amide bonds. The fraction of sp³-hybridized carbons (Fsp3) is 0.238. The van der Waals surface area contributed by atoms with Crippen molar-refractivity contribution >= 4 is 43.4 Å². The first-order valence-corrected chi connectivity index (χ1v) is 10.1. The number of carbonyl (C=O) groups is 1. The summed E-state index contributed by atoms with van der Waals surface area (Å²) in [5, 5.41) is 3.79. The first kappa shape index (κ1) is 18.3. The zero-order valence-electron chi connectivity index (χ0n) is 15.7. The van der Waals surface area contributed by atoms with Crippen molar-refractivity contribution in [3.05, 3.63) is 64.8 Å². The number of rotatable bonds is 5. The molecule has 28 heavy (non-hydrogen) atoms. The average molecular weight is 392 g/mol. The van der Waals surface area contributed by atoms with E-state index in [0.29, 0.717) is 16.6 Å². The van der Waals surface area contributed by atoms with E-state index in [1.54, 1.807) is 6.20 Å². The van der Waals surface area contributed by atoms with Crippen LogP contribution >= 0.6 is 11.3 Å². The van der Waals surface area contributed by atoms with E-state index in [0.717, 1.165) is 27.9 Å². The van der Waals surface area contributed by atoms with Crippen LogP contribution in [0.4, 0.5) is 5.69 Å². The number of nitrogens with zero attached hydrogens (tertiary/aromatic N) is 3. The topological polar surface area (TPSA) is 76.9 Å². The summed E-state index contributed by atoms with van der Waals surface area (Å²) >= 11 is 1.31. The van der Waals surface area contributed by atoms with Crippen LogP contribution in [-0.2, 0) is 11.2 Å². The standard InChI is InChI=1S/C21H20N4O2S/c1-3-13-7-5-8-14(11-13)24-19(26)16(4-2)25-12-23-17-15-9-6-10-22-20(15)28-18(17)21(25)27/h5-12,16H,3-4H2,1-2H3,(H,24,26)/t16-/m1/s1. The Labute approximate surface area is 165 Å². The molecule has 0 bridgehead atoms. The smallest absolute Gasteiger partial charge is 0.272 e. The molecule has 0 saturated carbocycles. The van der Waals surface area contributed by atoms with Crippen LogP contribution in [0.5, 0.6) is 0 Å². The number of amides is 1. The highest BCUT2D eigenvalue weighted by atomic mass is 32.1. The number of nitrogens with one attached hydrogen (secondary N) is 1. The van der Waals surface area contributed by atoms with Crippen molar-refractivity contribution in [1.29, 1.82) is 0 Å². The lowest BCUT2D eigenvalue weighted by Gasteiger charge is -2.17. The third-order valence-corrected chi connectivity index (χ3v) is 5.90. The molecule has 0 aliphatic carbocycles. The Kier molecular flexibility index (Phi) is 4.92. The molecule has 7 heteroatoms. The van der Waals surface area contributed by atoms with Gasteiger partial charge in [-0.05, 0) is 42.7 Å². The van der Waals surface area contributed by atoms with Gasteiger partial charge < -0.3 is 5.32 Å². The van der Waals surface area contributed by atoms with Gasteiger partial charge in [-0.15, -0.1) is 11.3 Å². The molecule has 0 unspecified atom stereocenters. The van der Waals surface area contributed by atoms with Crippen LogP contribution in [-0.4, -0.2) is 20.4 Å². The van der Waals surface area contributed by atoms with Crippen molar-refractivity contribution in [3.8, 4) is 0 Å². The molecule has 0 aliphatic rings. The van der Waals surface area contributed by atoms with Gasteiger partial charge in [0, 0.05) is 17.3 Å². The van der Waals surface area contributed by atoms with Crippen LogP contribution in [0.3, 0.4) is 0 Å². The molecular formula is C21H20N4O2S. The van der Waals surface area contributed by atoms with E-state index < -0.39 is 6.04 Å². The SMILES string of the molecule is CCc1cccc(NC(=O)[C@@H](CC)n2cnc3c(sc4ncccc43)c2=O)c1. The fourth-order valence-electron chi connectivity index (χ4n) is 3.31. The van der Waals surface area contributed by atoms with Crippen molar-refractivity contribution in [1.82, 2.24) is 14.5 Å². The quantitative estimate of drug-likeness (QED) is 0.553. The maximum Gasteiger partial charge on any atom is 0.272 e. The van der Waals surface area contributed by atoms with Gasteiger partial charge in [0.2, 0.25) is 5.91 Å². The number of fused-ring (bicyclic) bond motifs is 3. The lowest BCUT2D eigenvalue weighted by atomic mass is 10.1. The van der Waals surface area contributed by atoms with Crippen molar-refractivity contribution < 1.29 is 4.79 Å². The van der Waals surface area contributed by atoms with Crippen molar-refractivity contribution in [3.63, 3.8) is 0 Å². The number of aromatic nitrogens is 3. The van der Waals surface area contributed by atoms with Gasteiger partial charge >= 0.3 is 0 Å². The molecule has 142 valence electrons. The molecule has 3 aromatic heterocycles. The maximum absolute atomic E-state index is 13.1. The van der Waals surface area contributed by atoms with E-state index in [2.05, 4.69) is 22.2 Å². The minimum absolute atomic E-state index is 0.211. The van der Waals surface area contributed by atoms with E-state index in [-0.39, 0.29) is 11.5 Å². The predicted molar refractivity (Wildman–Crippen MR) is 113 cm³/mol. The molecule has 1 atom stereocenters. The Balaban J connectivity index is 1.72. The first-order valence-electron chi connectivity index (χ1n) is 9.26. The van der Waals surface area contributed by atoms with Crippen LogP contribution < -0.4 is 10.9 Å². The van der Waals surface area contributed by atoms with Gasteiger partial charge in [-0.25, -0.2) is 9.97 Å². The lowest BCUT2D eigenvalue weighted by molar-refractivity contribution is -0.119. The number of anilines is 1. The largest absolute Gasteiger partial charge is 0.324 e. The normalized spacial score (nSPS) is 12.4. The number of hydrogen-bond acceptors (Lipinski definition) is 5. The number of carbonyl (C=O) groups excluding carboxylic acids is 1. The molecule has 1 N–H and O–H groups in total. The van der Waals surface area contributed by atoms with Crippen LogP contribution in [0.2, 0.25) is 0 Å². The Bertz CT molecular complexity index is 1230. The van der Waals surface area contributed by atoms with Gasteiger partial charge in [0.05, 0.1) is 11.8 Å². The summed E-state index contributed by atoms with van der Waals surface area (Å²) in [6.07, 6.45) is 4.54. The van der Waals surface area contributed by atoms with Gasteiger partial charge in [-0.2, -0.15) is 0 Å². The van der Waals surface area contributed by atoms with E-state index in [9.17, 15) is 9.59 Å². The monoisotopic (exact) mass is 392 g/mol. The van der Waals surface area contributed by atoms with Crippen LogP contribution in [0.1, 0.15) is 31.9 Å². The second kappa shape index (κ2) is 7.52. The van der Waals surface area contributed by atoms with Crippen molar-refractivity contribution in [2.45, 2.75) is 32.7 Å². The molecule has 6 nitrogen and oxygen atoms in total. The maximum atomic E-state index is 13.1. The summed E-state index contributed by atoms with van der Waals surface area (Å²) in [6, 6.07) is 10.8. The number of pyridine rings is 1. The van der Waals surface area contributed by atoms with Gasteiger partial charge in [0.1, 0.15) is 15.6 Å². The molecule has 1 aromatic carbocycles. The Hall–Kier alpha value is -3.06. The fourth-order valence-corrected chi connectivity index (χ4v) is 4.34. The lowest BCUT2D eigenvalue weighted by Crippen LogP contribution is -2.33. The van der Waals surface area contributed by atoms with E-state index in [4.69, 9.17) is 0 Å². The summed E-state index contributed by atoms with van der Waals surface area (Å²) < 4.78 is 1.95. The van der Waals surface area contributed by atoms with Crippen LogP contribution in [0.25, 0.3) is 20.4 Å². The molecule has 4 rings (SSSR count). The molecular weight excluding hydrogens is 372 g/mol. The molecule has 0 radical (unpaired) electrons. The second-order valence-corrected chi connectivity index (χ2v) is 7.56. The minimum atomic E-state index is -0.632. The van der Waals surface area contributed by atoms with Gasteiger partial charge in [-0.3, -0.25) is 14.2 Å². The van der Waals surface area contributed by atoms with Gasteiger partial charge in [-0.1, -0.05) is 26.0 Å². The first-order chi connectivity index (χ1) is 13.6. The average Bonchev–Trinajstić information content (AvgIpc) is 3.10. The molecule has 3 heterocycles. The Morgan fingerprint density at radius 2 is 2.07 bits per heavy atom. The van der Waals surface area contributed by atoms with Crippen molar-refractivity contribution in [2.75, 3.05) is 5.32 Å². The number of thiophene rings is 1. The third-order valence-electron chi connectivity index (χ3n) is 4.81. The molecule has 0 fully saturated rings. The van der Waals surface area contributed by atoms with Crippen LogP contribution in [0.15, 0.2) is 53.7 Å². The molecule has 4 aromatic rings. The zero-order chi connectivity index (χ0) is 19.7. The number of benzene rings is 1. The number of hydrogen-bond donors (Lipinski definition) is 1. The highest BCUT2D eigenvalue weighted by molar-refractivity contribution is 7.25. The third kappa shape index (κ3) is 3.18. The number of aryl methyl sites for hydroxylation is 1. The zero-order valence-corrected chi connectivity index (χ0v) is 16.5. The van der Waals surface area contributed by atoms with E-state index in [1.165, 1.54) is 22.2 Å². The summed E-state index contributed by atoms with van der Waals surface area (Å²) in [4.78, 5) is 35.5. The highest BCUT2D eigenvalue weighted by Crippen LogP contribution is 2.28. The van der Waals surface area contributed by atoms with Gasteiger partial charge in [0.25, 0.3) is 5.56 Å². The summed E-state index contributed by atoms with van der Waals surface area (Å²) in [6.45, 7) is 3.95. The van der Waals surface area contributed by atoms with Crippen LogP contribution in [0, 0.1) is 0 Å².